The van der Waals surface area contributed by atoms with E-state index in [1.54, 1.807) is 11.8 Å². The van der Waals surface area contributed by atoms with Crippen molar-refractivity contribution < 1.29 is 4.79 Å². The van der Waals surface area contributed by atoms with Crippen molar-refractivity contribution in [1.29, 1.82) is 0 Å². The van der Waals surface area contributed by atoms with E-state index in [9.17, 15) is 4.79 Å². The molecule has 2 bridgehead atoms. The second kappa shape index (κ2) is 4.55. The largest absolute Gasteiger partial charge is 0.304 e. The molecule has 100 valence electrons. The van der Waals surface area contributed by atoms with Crippen LogP contribution in [-0.4, -0.2) is 21.9 Å². The van der Waals surface area contributed by atoms with Gasteiger partial charge < -0.3 is 5.32 Å². The van der Waals surface area contributed by atoms with Gasteiger partial charge in [0.15, 0.2) is 5.17 Å². The van der Waals surface area contributed by atoms with Crippen LogP contribution in [0.4, 0.5) is 0 Å². The number of rotatable bonds is 3. The highest BCUT2D eigenvalue weighted by molar-refractivity contribution is 8.16. The summed E-state index contributed by atoms with van der Waals surface area (Å²) in [4.78, 5) is 16.9. The van der Waals surface area contributed by atoms with E-state index in [1.165, 1.54) is 25.7 Å². The van der Waals surface area contributed by atoms with Crippen LogP contribution in [0.5, 0.6) is 0 Å². The summed E-state index contributed by atoms with van der Waals surface area (Å²) in [7, 11) is 0. The van der Waals surface area contributed by atoms with Gasteiger partial charge in [-0.2, -0.15) is 0 Å². The number of hydrogen-bond acceptors (Lipinski definition) is 3. The van der Waals surface area contributed by atoms with Crippen molar-refractivity contribution in [3.63, 3.8) is 0 Å². The quantitative estimate of drug-likeness (QED) is 0.853. The zero-order chi connectivity index (χ0) is 12.8. The Morgan fingerprint density at radius 2 is 2.28 bits per heavy atom. The number of amides is 1. The van der Waals surface area contributed by atoms with Crippen molar-refractivity contribution in [2.24, 2.45) is 16.8 Å². The smallest absolute Gasteiger partial charge is 0.242 e. The molecule has 0 aromatic rings. The van der Waals surface area contributed by atoms with Gasteiger partial charge in [-0.3, -0.25) is 9.79 Å². The Balaban J connectivity index is 1.69. The number of hydrogen-bond donors (Lipinski definition) is 1. The van der Waals surface area contributed by atoms with E-state index in [0.717, 1.165) is 29.8 Å². The fraction of sp³-hybridized carbons (Fsp3) is 0.857. The normalized spacial score (nSPS) is 44.9. The number of nitrogens with one attached hydrogen (secondary N) is 1. The minimum atomic E-state index is -0.287. The Morgan fingerprint density at radius 3 is 2.89 bits per heavy atom. The molecule has 0 spiro atoms. The Kier molecular flexibility index (Phi) is 3.16. The number of carbonyl (C=O) groups excluding carboxylic acids is 1. The lowest BCUT2D eigenvalue weighted by Gasteiger charge is -2.18. The monoisotopic (exact) mass is 266 g/mol. The minimum Gasteiger partial charge on any atom is -0.304 e. The standard InChI is InChI=1S/C14H22N2OS/c1-3-6-14(2)12(17)16-13(18-14)15-11-8-9-4-5-10(11)7-9/h9-11H,3-8H2,1-2H3,(H,15,16,17). The average molecular weight is 266 g/mol. The molecular weight excluding hydrogens is 244 g/mol. The van der Waals surface area contributed by atoms with Gasteiger partial charge in [0.2, 0.25) is 5.91 Å². The molecule has 3 nitrogen and oxygen atoms in total. The maximum Gasteiger partial charge on any atom is 0.242 e. The van der Waals surface area contributed by atoms with Crippen LogP contribution in [0.25, 0.3) is 0 Å². The van der Waals surface area contributed by atoms with Crippen LogP contribution < -0.4 is 5.32 Å². The summed E-state index contributed by atoms with van der Waals surface area (Å²) in [5.41, 5.74) is 0. The number of nitrogens with zero attached hydrogens (tertiary/aromatic N) is 1. The fourth-order valence-electron chi connectivity index (χ4n) is 3.73. The number of thioether (sulfide) groups is 1. The van der Waals surface area contributed by atoms with Crippen LogP contribution >= 0.6 is 11.8 Å². The Morgan fingerprint density at radius 1 is 1.44 bits per heavy atom. The summed E-state index contributed by atoms with van der Waals surface area (Å²) in [5.74, 6) is 1.85. The van der Waals surface area contributed by atoms with Crippen molar-refractivity contribution in [3.05, 3.63) is 0 Å². The first kappa shape index (κ1) is 12.5. The van der Waals surface area contributed by atoms with Crippen molar-refractivity contribution >= 4 is 22.8 Å². The predicted octanol–water partition coefficient (Wildman–Crippen LogP) is 2.95. The van der Waals surface area contributed by atoms with Gasteiger partial charge in [0.05, 0.1) is 10.8 Å². The van der Waals surface area contributed by atoms with E-state index < -0.39 is 0 Å². The zero-order valence-electron chi connectivity index (χ0n) is 11.2. The van der Waals surface area contributed by atoms with E-state index >= 15 is 0 Å². The second-order valence-corrected chi connectivity index (χ2v) is 7.71. The summed E-state index contributed by atoms with van der Waals surface area (Å²) in [6.45, 7) is 4.17. The van der Waals surface area contributed by atoms with E-state index in [0.29, 0.717) is 6.04 Å². The van der Waals surface area contributed by atoms with E-state index in [4.69, 9.17) is 4.99 Å². The molecule has 1 saturated heterocycles. The van der Waals surface area contributed by atoms with Crippen molar-refractivity contribution in [3.8, 4) is 0 Å². The lowest BCUT2D eigenvalue weighted by atomic mass is 9.96. The highest BCUT2D eigenvalue weighted by Crippen LogP contribution is 2.46. The highest BCUT2D eigenvalue weighted by Gasteiger charge is 2.44. The Bertz CT molecular complexity index is 395. The topological polar surface area (TPSA) is 41.5 Å². The van der Waals surface area contributed by atoms with Crippen molar-refractivity contribution in [2.75, 3.05) is 0 Å². The van der Waals surface area contributed by atoms with Crippen LogP contribution in [0, 0.1) is 11.8 Å². The second-order valence-electron chi connectivity index (χ2n) is 6.21. The molecule has 2 aliphatic carbocycles. The molecular formula is C14H22N2OS. The summed E-state index contributed by atoms with van der Waals surface area (Å²) >= 11 is 1.65. The number of amidine groups is 1. The van der Waals surface area contributed by atoms with Gasteiger partial charge in [-0.25, -0.2) is 0 Å². The summed E-state index contributed by atoms with van der Waals surface area (Å²) in [6, 6.07) is 0.482. The van der Waals surface area contributed by atoms with Gasteiger partial charge in [-0.05, 0) is 44.4 Å². The molecule has 3 rings (SSSR count). The maximum absolute atomic E-state index is 12.0. The van der Waals surface area contributed by atoms with Crippen molar-refractivity contribution in [2.45, 2.75) is 63.2 Å². The minimum absolute atomic E-state index is 0.149. The number of fused-ring (bicyclic) bond motifs is 2. The van der Waals surface area contributed by atoms with Crippen LogP contribution in [0.2, 0.25) is 0 Å². The lowest BCUT2D eigenvalue weighted by Crippen LogP contribution is -2.33. The molecule has 0 aromatic carbocycles. The first-order chi connectivity index (χ1) is 8.60. The molecule has 4 atom stereocenters. The molecule has 0 aromatic heterocycles. The third-order valence-electron chi connectivity index (χ3n) is 4.73. The van der Waals surface area contributed by atoms with E-state index in [-0.39, 0.29) is 10.7 Å². The summed E-state index contributed by atoms with van der Waals surface area (Å²) in [5, 5.41) is 3.87. The van der Waals surface area contributed by atoms with Gasteiger partial charge >= 0.3 is 0 Å². The molecule has 1 N–H and O–H groups in total. The van der Waals surface area contributed by atoms with Gasteiger partial charge in [0.1, 0.15) is 0 Å². The average Bonchev–Trinajstić information content (AvgIpc) is 2.96. The van der Waals surface area contributed by atoms with Gasteiger partial charge in [-0.15, -0.1) is 0 Å². The molecule has 1 aliphatic heterocycles. The number of carbonyl (C=O) groups is 1. The molecule has 2 saturated carbocycles. The van der Waals surface area contributed by atoms with Crippen LogP contribution in [0.3, 0.4) is 0 Å². The van der Waals surface area contributed by atoms with Crippen LogP contribution in [0.1, 0.15) is 52.4 Å². The maximum atomic E-state index is 12.0. The Labute approximate surface area is 113 Å². The third-order valence-corrected chi connectivity index (χ3v) is 5.97. The van der Waals surface area contributed by atoms with Gasteiger partial charge in [-0.1, -0.05) is 31.5 Å². The molecule has 4 unspecified atom stereocenters. The van der Waals surface area contributed by atoms with E-state index in [1.807, 2.05) is 6.92 Å². The lowest BCUT2D eigenvalue weighted by molar-refractivity contribution is -0.121. The predicted molar refractivity (Wildman–Crippen MR) is 75.7 cm³/mol. The zero-order valence-corrected chi connectivity index (χ0v) is 12.1. The molecule has 18 heavy (non-hydrogen) atoms. The van der Waals surface area contributed by atoms with Gasteiger partial charge in [0.25, 0.3) is 0 Å². The highest BCUT2D eigenvalue weighted by atomic mass is 32.2. The van der Waals surface area contributed by atoms with Gasteiger partial charge in [0, 0.05) is 0 Å². The van der Waals surface area contributed by atoms with Crippen LogP contribution in [-0.2, 0) is 4.79 Å². The molecule has 0 radical (unpaired) electrons. The summed E-state index contributed by atoms with van der Waals surface area (Å²) in [6.07, 6.45) is 7.33. The molecule has 1 amide bonds. The SMILES string of the molecule is CCCC1(C)SC(=NC2CC3CCC2C3)NC1=O. The summed E-state index contributed by atoms with van der Waals surface area (Å²) < 4.78 is -0.287. The first-order valence-corrected chi connectivity index (χ1v) is 8.00. The first-order valence-electron chi connectivity index (χ1n) is 7.19. The molecule has 1 heterocycles. The van der Waals surface area contributed by atoms with E-state index in [2.05, 4.69) is 12.2 Å². The van der Waals surface area contributed by atoms with Crippen molar-refractivity contribution in [1.82, 2.24) is 5.32 Å². The Hall–Kier alpha value is -0.510. The molecule has 4 heteroatoms. The number of aliphatic imine (C=N–C) groups is 1. The van der Waals surface area contributed by atoms with Crippen LogP contribution in [0.15, 0.2) is 4.99 Å². The fourth-order valence-corrected chi connectivity index (χ4v) is 4.94. The molecule has 3 aliphatic rings. The molecule has 3 fully saturated rings. The third kappa shape index (κ3) is 2.09.